The lowest BCUT2D eigenvalue weighted by Crippen LogP contribution is -2.38. The molecule has 2 N–H and O–H groups in total. The van der Waals surface area contributed by atoms with E-state index in [1.165, 1.54) is 5.56 Å². The van der Waals surface area contributed by atoms with Gasteiger partial charge in [0.25, 0.3) is 0 Å². The molecule has 1 aliphatic rings. The van der Waals surface area contributed by atoms with E-state index in [1.807, 2.05) is 19.1 Å². The Bertz CT molecular complexity index is 713. The van der Waals surface area contributed by atoms with E-state index in [0.717, 1.165) is 61.5 Å². The molecule has 0 saturated carbocycles. The minimum Gasteiger partial charge on any atom is -0.493 e. The maximum absolute atomic E-state index is 5.74. The fourth-order valence-electron chi connectivity index (χ4n) is 2.98. The number of hydrogen-bond donors (Lipinski definition) is 2. The maximum Gasteiger partial charge on any atom is 0.191 e. The molecule has 0 amide bonds. The van der Waals surface area contributed by atoms with Crippen LogP contribution in [0.2, 0.25) is 0 Å². The zero-order valence-electron chi connectivity index (χ0n) is 14.9. The van der Waals surface area contributed by atoms with Crippen molar-refractivity contribution >= 4 is 17.3 Å². The third-order valence-electron chi connectivity index (χ3n) is 4.24. The number of nitrogens with one attached hydrogen (secondary N) is 2. The highest BCUT2D eigenvalue weighted by Gasteiger charge is 2.20. The molecule has 25 heavy (non-hydrogen) atoms. The maximum atomic E-state index is 5.74. The molecule has 6 heteroatoms. The molecule has 0 fully saturated rings. The highest BCUT2D eigenvalue weighted by molar-refractivity contribution is 7.09. The van der Waals surface area contributed by atoms with Crippen LogP contribution in [0, 0.1) is 6.92 Å². The van der Waals surface area contributed by atoms with E-state index in [-0.39, 0.29) is 0 Å². The van der Waals surface area contributed by atoms with Crippen LogP contribution in [0.3, 0.4) is 0 Å². The number of guanidine groups is 1. The van der Waals surface area contributed by atoms with Crippen molar-refractivity contribution in [2.24, 2.45) is 4.99 Å². The number of aryl methyl sites for hydroxylation is 1. The first-order chi connectivity index (χ1) is 12.3. The summed E-state index contributed by atoms with van der Waals surface area (Å²) in [6.07, 6.45) is 1.92. The summed E-state index contributed by atoms with van der Waals surface area (Å²) in [5.74, 6) is 2.30. The zero-order valence-corrected chi connectivity index (χ0v) is 15.7. The van der Waals surface area contributed by atoms with Gasteiger partial charge in [-0.25, -0.2) is 4.98 Å². The predicted molar refractivity (Wildman–Crippen MR) is 104 cm³/mol. The van der Waals surface area contributed by atoms with E-state index in [4.69, 9.17) is 9.73 Å². The summed E-state index contributed by atoms with van der Waals surface area (Å²) in [5.41, 5.74) is 2.41. The van der Waals surface area contributed by atoms with Crippen molar-refractivity contribution in [2.75, 3.05) is 26.2 Å². The smallest absolute Gasteiger partial charge is 0.191 e. The van der Waals surface area contributed by atoms with E-state index in [9.17, 15) is 0 Å². The van der Waals surface area contributed by atoms with Crippen LogP contribution in [0.1, 0.15) is 35.5 Å². The molecule has 0 spiro atoms. The third kappa shape index (κ3) is 4.95. The summed E-state index contributed by atoms with van der Waals surface area (Å²) in [6, 6.07) is 8.30. The minimum atomic E-state index is 0.418. The molecular weight excluding hydrogens is 332 g/mol. The summed E-state index contributed by atoms with van der Waals surface area (Å²) in [4.78, 5) is 9.30. The number of hydrogen-bond acceptors (Lipinski definition) is 4. The molecule has 1 unspecified atom stereocenters. The van der Waals surface area contributed by atoms with Gasteiger partial charge in [0, 0.05) is 37.4 Å². The second kappa shape index (κ2) is 8.85. The number of ether oxygens (including phenoxy) is 1. The van der Waals surface area contributed by atoms with Crippen LogP contribution < -0.4 is 15.4 Å². The molecule has 1 aromatic heterocycles. The number of para-hydroxylation sites is 1. The molecule has 2 heterocycles. The Morgan fingerprint density at radius 3 is 3.04 bits per heavy atom. The minimum absolute atomic E-state index is 0.418. The van der Waals surface area contributed by atoms with E-state index in [1.54, 1.807) is 11.3 Å². The van der Waals surface area contributed by atoms with Gasteiger partial charge in [0.05, 0.1) is 17.3 Å². The van der Waals surface area contributed by atoms with Gasteiger partial charge in [0.2, 0.25) is 0 Å². The monoisotopic (exact) mass is 358 g/mol. The fraction of sp³-hybridized carbons (Fsp3) is 0.474. The van der Waals surface area contributed by atoms with E-state index in [2.05, 4.69) is 40.1 Å². The normalized spacial score (nSPS) is 16.9. The lowest BCUT2D eigenvalue weighted by Gasteiger charge is -2.25. The summed E-state index contributed by atoms with van der Waals surface area (Å²) in [6.45, 7) is 7.35. The van der Waals surface area contributed by atoms with Crippen molar-refractivity contribution in [3.63, 3.8) is 0 Å². The number of rotatable bonds is 6. The van der Waals surface area contributed by atoms with Crippen molar-refractivity contribution in [3.05, 3.63) is 45.9 Å². The average molecular weight is 359 g/mol. The molecule has 0 saturated heterocycles. The number of thiazole rings is 1. The van der Waals surface area contributed by atoms with Gasteiger partial charge >= 0.3 is 0 Å². The molecule has 0 bridgehead atoms. The quantitative estimate of drug-likeness (QED) is 0.615. The van der Waals surface area contributed by atoms with E-state index in [0.29, 0.717) is 5.92 Å². The van der Waals surface area contributed by atoms with Crippen molar-refractivity contribution in [1.82, 2.24) is 15.6 Å². The summed E-state index contributed by atoms with van der Waals surface area (Å²) < 4.78 is 5.74. The first kappa shape index (κ1) is 17.7. The van der Waals surface area contributed by atoms with Crippen molar-refractivity contribution in [2.45, 2.75) is 32.6 Å². The van der Waals surface area contributed by atoms with Crippen LogP contribution in [0.4, 0.5) is 0 Å². The van der Waals surface area contributed by atoms with Gasteiger partial charge in [-0.15, -0.1) is 11.3 Å². The molecule has 3 rings (SSSR count). The van der Waals surface area contributed by atoms with Gasteiger partial charge in [0.15, 0.2) is 5.96 Å². The fourth-order valence-corrected chi connectivity index (χ4v) is 3.63. The Morgan fingerprint density at radius 1 is 1.36 bits per heavy atom. The standard InChI is InChI=1S/C19H26N4OS/c1-3-20-19(21-10-8-16-13-25-14(2)23-16)22-12-15-9-11-24-18-7-5-4-6-17(15)18/h4-7,13,15H,3,8-12H2,1-2H3,(H2,20,21,22). The third-order valence-corrected chi connectivity index (χ3v) is 5.06. The van der Waals surface area contributed by atoms with Gasteiger partial charge in [-0.2, -0.15) is 0 Å². The van der Waals surface area contributed by atoms with Crippen LogP contribution in [-0.2, 0) is 6.42 Å². The molecule has 5 nitrogen and oxygen atoms in total. The highest BCUT2D eigenvalue weighted by atomic mass is 32.1. The molecule has 134 valence electrons. The Balaban J connectivity index is 1.57. The first-order valence-electron chi connectivity index (χ1n) is 8.91. The van der Waals surface area contributed by atoms with Gasteiger partial charge in [-0.3, -0.25) is 4.99 Å². The van der Waals surface area contributed by atoms with Crippen molar-refractivity contribution < 1.29 is 4.74 Å². The number of fused-ring (bicyclic) bond motifs is 1. The van der Waals surface area contributed by atoms with E-state index >= 15 is 0 Å². The second-order valence-electron chi connectivity index (χ2n) is 6.13. The van der Waals surface area contributed by atoms with Crippen LogP contribution in [0.25, 0.3) is 0 Å². The molecule has 0 aliphatic carbocycles. The number of aromatic nitrogens is 1. The summed E-state index contributed by atoms with van der Waals surface area (Å²) in [5, 5.41) is 9.99. The number of nitrogens with zero attached hydrogens (tertiary/aromatic N) is 2. The predicted octanol–water partition coefficient (Wildman–Crippen LogP) is 3.12. The lowest BCUT2D eigenvalue weighted by atomic mass is 9.93. The summed E-state index contributed by atoms with van der Waals surface area (Å²) >= 11 is 1.70. The SMILES string of the molecule is CCNC(=NCC1CCOc2ccccc21)NCCc1csc(C)n1. The van der Waals surface area contributed by atoms with Crippen LogP contribution in [0.15, 0.2) is 34.6 Å². The first-order valence-corrected chi connectivity index (χ1v) is 9.79. The topological polar surface area (TPSA) is 58.5 Å². The Kier molecular flexibility index (Phi) is 6.28. The Hall–Kier alpha value is -2.08. The van der Waals surface area contributed by atoms with E-state index < -0.39 is 0 Å². The Labute approximate surface area is 153 Å². The molecule has 0 radical (unpaired) electrons. The highest BCUT2D eigenvalue weighted by Crippen LogP contribution is 2.33. The molecule has 2 aromatic rings. The van der Waals surface area contributed by atoms with Crippen molar-refractivity contribution in [1.29, 1.82) is 0 Å². The average Bonchev–Trinajstić information content (AvgIpc) is 3.05. The molecule has 1 aliphatic heterocycles. The van der Waals surface area contributed by atoms with Gasteiger partial charge in [-0.1, -0.05) is 18.2 Å². The second-order valence-corrected chi connectivity index (χ2v) is 7.19. The van der Waals surface area contributed by atoms with Gasteiger partial charge < -0.3 is 15.4 Å². The van der Waals surface area contributed by atoms with Gasteiger partial charge in [0.1, 0.15) is 5.75 Å². The Morgan fingerprint density at radius 2 is 2.24 bits per heavy atom. The van der Waals surface area contributed by atoms with Gasteiger partial charge in [-0.05, 0) is 31.9 Å². The van der Waals surface area contributed by atoms with Crippen molar-refractivity contribution in [3.8, 4) is 5.75 Å². The number of benzene rings is 1. The largest absolute Gasteiger partial charge is 0.493 e. The van der Waals surface area contributed by atoms with Crippen LogP contribution in [-0.4, -0.2) is 37.2 Å². The molecular formula is C19H26N4OS. The van der Waals surface area contributed by atoms with Crippen LogP contribution in [0.5, 0.6) is 5.75 Å². The zero-order chi connectivity index (χ0) is 17.5. The number of aliphatic imine (C=N–C) groups is 1. The summed E-state index contributed by atoms with van der Waals surface area (Å²) in [7, 11) is 0. The lowest BCUT2D eigenvalue weighted by molar-refractivity contribution is 0.269. The molecule has 1 atom stereocenters. The molecule has 1 aromatic carbocycles. The van der Waals surface area contributed by atoms with Crippen LogP contribution >= 0.6 is 11.3 Å².